The zero-order chi connectivity index (χ0) is 27.8. The molecule has 0 unspecified atom stereocenters. The number of nitrogens with zero attached hydrogens (tertiary/aromatic N) is 3. The Balaban J connectivity index is 2.06. The Bertz CT molecular complexity index is 1260. The lowest BCUT2D eigenvalue weighted by molar-refractivity contribution is -0.143. The van der Waals surface area contributed by atoms with Gasteiger partial charge in [0.15, 0.2) is 5.16 Å². The van der Waals surface area contributed by atoms with E-state index in [2.05, 4.69) is 9.97 Å². The fraction of sp³-hybridized carbons (Fsp3) is 0.292. The first kappa shape index (κ1) is 28.2. The minimum atomic E-state index is -5.07. The third-order valence-corrected chi connectivity index (χ3v) is 6.00. The topological polar surface area (TPSA) is 55.3 Å². The summed E-state index contributed by atoms with van der Waals surface area (Å²) in [6.07, 6.45) is -7.23. The highest BCUT2D eigenvalue weighted by molar-refractivity contribution is 7.98. The Morgan fingerprint density at radius 1 is 0.919 bits per heavy atom. The van der Waals surface area contributed by atoms with Crippen LogP contribution in [0.3, 0.4) is 0 Å². The van der Waals surface area contributed by atoms with Crippen molar-refractivity contribution in [3.05, 3.63) is 71.2 Å². The molecule has 13 heteroatoms. The highest BCUT2D eigenvalue weighted by Crippen LogP contribution is 2.40. The molecule has 198 valence electrons. The molecule has 3 rings (SSSR count). The number of likely N-dealkylation sites (N-methyl/N-ethyl adjacent to an activating group) is 1. The Labute approximate surface area is 211 Å². The second-order valence-corrected chi connectivity index (χ2v) is 9.16. The number of carbonyl (C=O) groups is 1. The van der Waals surface area contributed by atoms with Gasteiger partial charge in [0.1, 0.15) is 17.3 Å². The van der Waals surface area contributed by atoms with Gasteiger partial charge in [-0.15, -0.1) is 0 Å². The van der Waals surface area contributed by atoms with Crippen LogP contribution in [0.4, 0.5) is 36.4 Å². The predicted molar refractivity (Wildman–Crippen MR) is 123 cm³/mol. The molecule has 0 saturated heterocycles. The number of anilines is 1. The van der Waals surface area contributed by atoms with Gasteiger partial charge < -0.3 is 9.64 Å². The predicted octanol–water partition coefficient (Wildman–Crippen LogP) is 7.11. The second kappa shape index (κ2) is 10.2. The van der Waals surface area contributed by atoms with Crippen LogP contribution in [-0.2, 0) is 22.6 Å². The lowest BCUT2D eigenvalue weighted by Crippen LogP contribution is -2.42. The number of aromatic nitrogens is 2. The van der Waals surface area contributed by atoms with Gasteiger partial charge >= 0.3 is 12.4 Å². The molecule has 0 aliphatic carbocycles. The van der Waals surface area contributed by atoms with E-state index in [1.165, 1.54) is 39.2 Å². The fourth-order valence-corrected chi connectivity index (χ4v) is 3.66. The molecule has 0 atom stereocenters. The summed E-state index contributed by atoms with van der Waals surface area (Å²) < 4.78 is 99.3. The molecule has 1 amide bonds. The molecule has 0 bridgehead atoms. The summed E-state index contributed by atoms with van der Waals surface area (Å²) in [5.74, 6) is -1.34. The van der Waals surface area contributed by atoms with Crippen LogP contribution in [0.1, 0.15) is 30.5 Å². The monoisotopic (exact) mass is 547 g/mol. The standard InChI is InChI=1S/C24H20F7N3O2S/c1-22(2,13-9-14(23(26,27)28)11-15(10-13)24(29,30)31)20(35)34(3)18-12-32-21(37-4)33-19(18)36-17-7-5-16(25)6-8-17/h5-12H,1-4H3. The molecular formula is C24H20F7N3O2S. The minimum absolute atomic E-state index is 0.00259. The maximum atomic E-state index is 13.5. The molecule has 3 aromatic rings. The first-order valence-electron chi connectivity index (χ1n) is 10.5. The van der Waals surface area contributed by atoms with E-state index >= 15 is 0 Å². The van der Waals surface area contributed by atoms with E-state index in [-0.39, 0.29) is 28.5 Å². The Kier molecular flexibility index (Phi) is 7.77. The molecule has 1 aromatic heterocycles. The van der Waals surface area contributed by atoms with E-state index in [1.54, 1.807) is 6.26 Å². The van der Waals surface area contributed by atoms with E-state index in [1.807, 2.05) is 0 Å². The molecule has 0 fully saturated rings. The van der Waals surface area contributed by atoms with Crippen LogP contribution in [0, 0.1) is 5.82 Å². The molecule has 2 aromatic carbocycles. The van der Waals surface area contributed by atoms with Gasteiger partial charge in [0.2, 0.25) is 11.8 Å². The van der Waals surface area contributed by atoms with Crippen molar-refractivity contribution in [3.63, 3.8) is 0 Å². The number of halogens is 7. The van der Waals surface area contributed by atoms with Crippen molar-refractivity contribution in [2.75, 3.05) is 18.2 Å². The lowest BCUT2D eigenvalue weighted by Gasteiger charge is -2.31. The third-order valence-electron chi connectivity index (χ3n) is 5.43. The van der Waals surface area contributed by atoms with Gasteiger partial charge in [-0.2, -0.15) is 31.3 Å². The van der Waals surface area contributed by atoms with Crippen molar-refractivity contribution in [1.82, 2.24) is 9.97 Å². The third kappa shape index (κ3) is 6.32. The first-order chi connectivity index (χ1) is 17.0. The summed E-state index contributed by atoms with van der Waals surface area (Å²) in [6, 6.07) is 5.93. The summed E-state index contributed by atoms with van der Waals surface area (Å²) in [6.45, 7) is 2.41. The molecule has 37 heavy (non-hydrogen) atoms. The highest BCUT2D eigenvalue weighted by atomic mass is 32.2. The van der Waals surface area contributed by atoms with Crippen molar-refractivity contribution in [2.45, 2.75) is 36.8 Å². The van der Waals surface area contributed by atoms with E-state index in [0.29, 0.717) is 12.1 Å². The number of carbonyl (C=O) groups excluding carboxylic acids is 1. The molecule has 5 nitrogen and oxygen atoms in total. The summed E-state index contributed by atoms with van der Waals surface area (Å²) in [5, 5.41) is 0.258. The van der Waals surface area contributed by atoms with Gasteiger partial charge in [0, 0.05) is 7.05 Å². The fourth-order valence-electron chi connectivity index (χ4n) is 3.33. The Hall–Kier alpha value is -3.35. The van der Waals surface area contributed by atoms with E-state index in [9.17, 15) is 35.5 Å². The van der Waals surface area contributed by atoms with Crippen LogP contribution < -0.4 is 9.64 Å². The van der Waals surface area contributed by atoms with Crippen LogP contribution in [0.25, 0.3) is 0 Å². The zero-order valence-electron chi connectivity index (χ0n) is 19.8. The summed E-state index contributed by atoms with van der Waals surface area (Å²) >= 11 is 1.16. The van der Waals surface area contributed by atoms with Crippen molar-refractivity contribution in [2.24, 2.45) is 0 Å². The smallest absolute Gasteiger partial charge is 0.416 e. The molecule has 1 heterocycles. The van der Waals surface area contributed by atoms with Crippen LogP contribution >= 0.6 is 11.8 Å². The molecule has 0 saturated carbocycles. The van der Waals surface area contributed by atoms with E-state index in [0.717, 1.165) is 28.8 Å². The van der Waals surface area contributed by atoms with E-state index in [4.69, 9.17) is 4.74 Å². The minimum Gasteiger partial charge on any atom is -0.437 e. The quantitative estimate of drug-likeness (QED) is 0.187. The highest BCUT2D eigenvalue weighted by Gasteiger charge is 2.41. The molecular weight excluding hydrogens is 527 g/mol. The van der Waals surface area contributed by atoms with Gasteiger partial charge in [-0.3, -0.25) is 4.79 Å². The molecule has 0 N–H and O–H groups in total. The van der Waals surface area contributed by atoms with Gasteiger partial charge in [-0.1, -0.05) is 11.8 Å². The number of thioether (sulfide) groups is 1. The number of rotatable bonds is 6. The van der Waals surface area contributed by atoms with Crippen molar-refractivity contribution in [3.8, 4) is 11.6 Å². The van der Waals surface area contributed by atoms with Gasteiger partial charge in [0.25, 0.3) is 0 Å². The maximum Gasteiger partial charge on any atom is 0.416 e. The first-order valence-corrected chi connectivity index (χ1v) is 11.7. The largest absolute Gasteiger partial charge is 0.437 e. The SMILES string of the molecule is CSc1ncc(N(C)C(=O)C(C)(C)c2cc(C(F)(F)F)cc(C(F)(F)F)c2)c(Oc2ccc(F)cc2)n1. The lowest BCUT2D eigenvalue weighted by atomic mass is 9.81. The number of hydrogen-bond donors (Lipinski definition) is 0. The number of hydrogen-bond acceptors (Lipinski definition) is 5. The number of ether oxygens (including phenoxy) is 1. The molecule has 0 aliphatic rings. The normalized spacial score (nSPS) is 12.4. The van der Waals surface area contributed by atoms with Gasteiger partial charge in [-0.25, -0.2) is 9.37 Å². The zero-order valence-corrected chi connectivity index (χ0v) is 20.6. The van der Waals surface area contributed by atoms with Crippen LogP contribution in [0.5, 0.6) is 11.6 Å². The van der Waals surface area contributed by atoms with Crippen molar-refractivity contribution < 1.29 is 40.3 Å². The number of amides is 1. The second-order valence-electron chi connectivity index (χ2n) is 8.39. The van der Waals surface area contributed by atoms with Gasteiger partial charge in [-0.05, 0) is 68.1 Å². The molecule has 0 spiro atoms. The average molecular weight is 547 g/mol. The Morgan fingerprint density at radius 2 is 1.43 bits per heavy atom. The van der Waals surface area contributed by atoms with Crippen LogP contribution in [-0.4, -0.2) is 29.2 Å². The maximum absolute atomic E-state index is 13.5. The Morgan fingerprint density at radius 3 is 1.92 bits per heavy atom. The van der Waals surface area contributed by atoms with Crippen LogP contribution in [0.2, 0.25) is 0 Å². The van der Waals surface area contributed by atoms with E-state index < -0.39 is 46.2 Å². The van der Waals surface area contributed by atoms with Gasteiger partial charge in [0.05, 0.1) is 22.7 Å². The van der Waals surface area contributed by atoms with Crippen molar-refractivity contribution in [1.29, 1.82) is 0 Å². The summed E-state index contributed by atoms with van der Waals surface area (Å²) in [7, 11) is 1.26. The van der Waals surface area contributed by atoms with Crippen LogP contribution in [0.15, 0.2) is 53.8 Å². The molecule has 0 aliphatic heterocycles. The number of alkyl halides is 6. The average Bonchev–Trinajstić information content (AvgIpc) is 2.83. The molecule has 0 radical (unpaired) electrons. The van der Waals surface area contributed by atoms with Crippen molar-refractivity contribution >= 4 is 23.4 Å². The summed E-state index contributed by atoms with van der Waals surface area (Å²) in [5.41, 5.74) is -5.42. The number of benzene rings is 2. The summed E-state index contributed by atoms with van der Waals surface area (Å²) in [4.78, 5) is 22.8.